The monoisotopic (exact) mass is 296 g/mol. The van der Waals surface area contributed by atoms with Crippen LogP contribution in [0.5, 0.6) is 0 Å². The summed E-state index contributed by atoms with van der Waals surface area (Å²) >= 11 is 1.47. The molecule has 0 fully saturated rings. The molecule has 0 spiro atoms. The molecule has 0 saturated carbocycles. The highest BCUT2D eigenvalue weighted by atomic mass is 32.1. The molecule has 4 rings (SSSR count). The van der Waals surface area contributed by atoms with Crippen molar-refractivity contribution >= 4 is 44.3 Å². The molecule has 4 heterocycles. The molecule has 0 aliphatic heterocycles. The number of fused-ring (bicyclic) bond motifs is 2. The molecule has 0 bridgehead atoms. The molecule has 0 amide bonds. The van der Waals surface area contributed by atoms with Gasteiger partial charge in [-0.2, -0.15) is 9.47 Å². The number of aromatic amines is 1. The van der Waals surface area contributed by atoms with E-state index in [-0.39, 0.29) is 0 Å². The third kappa shape index (κ3) is 2.02. The van der Waals surface area contributed by atoms with Gasteiger partial charge in [-0.1, -0.05) is 6.92 Å². The van der Waals surface area contributed by atoms with E-state index < -0.39 is 0 Å². The summed E-state index contributed by atoms with van der Waals surface area (Å²) in [7, 11) is 0. The molecular formula is C14H12N6S. The lowest BCUT2D eigenvalue weighted by Gasteiger charge is -2.02. The molecule has 2 N–H and O–H groups in total. The number of anilines is 2. The third-order valence-electron chi connectivity index (χ3n) is 3.30. The fourth-order valence-electron chi connectivity index (χ4n) is 2.26. The van der Waals surface area contributed by atoms with Gasteiger partial charge in [-0.05, 0) is 36.2 Å². The summed E-state index contributed by atoms with van der Waals surface area (Å²) in [6, 6.07) is 5.86. The Labute approximate surface area is 124 Å². The standard InChI is InChI=1S/C14H12N6S/c1-2-9-12-11(21-20-9)6-8(7-16-12)17-14-13-10(18-19-14)4-3-5-15-13/h3-7H,2H2,1H3,(H2,17,18,19). The lowest BCUT2D eigenvalue weighted by Crippen LogP contribution is -1.93. The number of aryl methyl sites for hydroxylation is 1. The molecule has 7 heteroatoms. The van der Waals surface area contributed by atoms with Crippen LogP contribution in [0.1, 0.15) is 12.6 Å². The lowest BCUT2D eigenvalue weighted by atomic mass is 10.2. The topological polar surface area (TPSA) is 79.4 Å². The Bertz CT molecular complexity index is 925. The Hall–Kier alpha value is -2.54. The Morgan fingerprint density at radius 1 is 1.29 bits per heavy atom. The van der Waals surface area contributed by atoms with E-state index in [0.717, 1.165) is 39.1 Å². The quantitative estimate of drug-likeness (QED) is 0.606. The summed E-state index contributed by atoms with van der Waals surface area (Å²) < 4.78 is 5.49. The van der Waals surface area contributed by atoms with Crippen LogP contribution < -0.4 is 5.32 Å². The summed E-state index contributed by atoms with van der Waals surface area (Å²) in [5.74, 6) is 0.701. The lowest BCUT2D eigenvalue weighted by molar-refractivity contribution is 1.09. The minimum absolute atomic E-state index is 0.701. The number of pyridine rings is 2. The summed E-state index contributed by atoms with van der Waals surface area (Å²) in [6.07, 6.45) is 4.45. The summed E-state index contributed by atoms with van der Waals surface area (Å²) in [6.45, 7) is 2.09. The number of rotatable bonds is 3. The van der Waals surface area contributed by atoms with Gasteiger partial charge in [0.05, 0.1) is 27.8 Å². The number of nitrogens with one attached hydrogen (secondary N) is 2. The largest absolute Gasteiger partial charge is 0.336 e. The summed E-state index contributed by atoms with van der Waals surface area (Å²) in [5, 5.41) is 10.5. The highest BCUT2D eigenvalue weighted by Crippen LogP contribution is 2.27. The summed E-state index contributed by atoms with van der Waals surface area (Å²) in [5.41, 5.74) is 4.63. The maximum Gasteiger partial charge on any atom is 0.178 e. The van der Waals surface area contributed by atoms with Crippen LogP contribution in [0.25, 0.3) is 21.3 Å². The van der Waals surface area contributed by atoms with Crippen LogP contribution in [0.15, 0.2) is 30.6 Å². The Balaban J connectivity index is 1.73. The Morgan fingerprint density at radius 2 is 2.24 bits per heavy atom. The highest BCUT2D eigenvalue weighted by molar-refractivity contribution is 7.13. The van der Waals surface area contributed by atoms with Gasteiger partial charge in [-0.3, -0.25) is 15.1 Å². The first kappa shape index (κ1) is 12.2. The fraction of sp³-hybridized carbons (Fsp3) is 0.143. The van der Waals surface area contributed by atoms with Crippen molar-refractivity contribution in [1.82, 2.24) is 24.5 Å². The van der Waals surface area contributed by atoms with Crippen molar-refractivity contribution in [2.75, 3.05) is 5.32 Å². The van der Waals surface area contributed by atoms with Crippen molar-refractivity contribution in [2.24, 2.45) is 0 Å². The van der Waals surface area contributed by atoms with Gasteiger partial charge in [0.25, 0.3) is 0 Å². The van der Waals surface area contributed by atoms with E-state index in [9.17, 15) is 0 Å². The fourth-order valence-corrected chi connectivity index (χ4v) is 3.12. The molecular weight excluding hydrogens is 284 g/mol. The zero-order valence-corrected chi connectivity index (χ0v) is 12.1. The molecule has 0 aromatic carbocycles. The van der Waals surface area contributed by atoms with Gasteiger partial charge in [0.2, 0.25) is 0 Å². The molecule has 0 aliphatic rings. The molecule has 0 atom stereocenters. The van der Waals surface area contributed by atoms with Crippen molar-refractivity contribution in [3.05, 3.63) is 36.3 Å². The predicted molar refractivity (Wildman–Crippen MR) is 84.0 cm³/mol. The van der Waals surface area contributed by atoms with Crippen LogP contribution >= 0.6 is 11.5 Å². The SMILES string of the molecule is CCc1nsc2cc(Nc3n[nH]c4cccnc34)cnc12. The molecule has 0 unspecified atom stereocenters. The molecule has 0 saturated heterocycles. The molecule has 21 heavy (non-hydrogen) atoms. The van der Waals surface area contributed by atoms with Gasteiger partial charge in [0.15, 0.2) is 5.82 Å². The van der Waals surface area contributed by atoms with E-state index >= 15 is 0 Å². The van der Waals surface area contributed by atoms with E-state index in [1.165, 1.54) is 11.5 Å². The summed E-state index contributed by atoms with van der Waals surface area (Å²) in [4.78, 5) is 8.83. The van der Waals surface area contributed by atoms with Crippen molar-refractivity contribution in [2.45, 2.75) is 13.3 Å². The number of hydrogen-bond acceptors (Lipinski definition) is 6. The van der Waals surface area contributed by atoms with Crippen LogP contribution in [0, 0.1) is 0 Å². The van der Waals surface area contributed by atoms with Crippen molar-refractivity contribution < 1.29 is 0 Å². The van der Waals surface area contributed by atoms with Crippen LogP contribution in [-0.2, 0) is 6.42 Å². The van der Waals surface area contributed by atoms with E-state index in [1.807, 2.05) is 18.2 Å². The molecule has 0 radical (unpaired) electrons. The first-order chi connectivity index (χ1) is 10.3. The van der Waals surface area contributed by atoms with Crippen LogP contribution in [-0.4, -0.2) is 24.5 Å². The van der Waals surface area contributed by atoms with Crippen molar-refractivity contribution in [3.8, 4) is 0 Å². The van der Waals surface area contributed by atoms with Crippen molar-refractivity contribution in [1.29, 1.82) is 0 Å². The number of H-pyrrole nitrogens is 1. The highest BCUT2D eigenvalue weighted by Gasteiger charge is 2.09. The molecule has 104 valence electrons. The molecule has 0 aliphatic carbocycles. The normalized spacial score (nSPS) is 11.3. The second-order valence-electron chi connectivity index (χ2n) is 4.65. The van der Waals surface area contributed by atoms with Crippen LogP contribution in [0.2, 0.25) is 0 Å². The molecule has 4 aromatic heterocycles. The van der Waals surface area contributed by atoms with E-state index in [2.05, 4.69) is 36.8 Å². The zero-order chi connectivity index (χ0) is 14.2. The third-order valence-corrected chi connectivity index (χ3v) is 4.12. The minimum Gasteiger partial charge on any atom is -0.336 e. The second-order valence-corrected chi connectivity index (χ2v) is 5.46. The zero-order valence-electron chi connectivity index (χ0n) is 11.3. The first-order valence-electron chi connectivity index (χ1n) is 6.65. The van der Waals surface area contributed by atoms with Gasteiger partial charge in [0.1, 0.15) is 11.0 Å². The average molecular weight is 296 g/mol. The number of hydrogen-bond donors (Lipinski definition) is 2. The smallest absolute Gasteiger partial charge is 0.178 e. The van der Waals surface area contributed by atoms with Gasteiger partial charge < -0.3 is 5.32 Å². The van der Waals surface area contributed by atoms with Crippen LogP contribution in [0.4, 0.5) is 11.5 Å². The predicted octanol–water partition coefficient (Wildman–Crippen LogP) is 3.27. The average Bonchev–Trinajstić information content (AvgIpc) is 3.11. The van der Waals surface area contributed by atoms with Gasteiger partial charge >= 0.3 is 0 Å². The maximum absolute atomic E-state index is 4.50. The number of nitrogens with zero attached hydrogens (tertiary/aromatic N) is 4. The number of aromatic nitrogens is 5. The van der Waals surface area contributed by atoms with Crippen LogP contribution in [0.3, 0.4) is 0 Å². The van der Waals surface area contributed by atoms with Gasteiger partial charge in [-0.15, -0.1) is 0 Å². The minimum atomic E-state index is 0.701. The van der Waals surface area contributed by atoms with Gasteiger partial charge in [0, 0.05) is 6.20 Å². The van der Waals surface area contributed by atoms with E-state index in [1.54, 1.807) is 12.4 Å². The van der Waals surface area contributed by atoms with Gasteiger partial charge in [-0.25, -0.2) is 0 Å². The van der Waals surface area contributed by atoms with Crippen molar-refractivity contribution in [3.63, 3.8) is 0 Å². The Morgan fingerprint density at radius 3 is 3.14 bits per heavy atom. The second kappa shape index (κ2) is 4.78. The van der Waals surface area contributed by atoms with E-state index in [0.29, 0.717) is 5.82 Å². The van der Waals surface area contributed by atoms with E-state index in [4.69, 9.17) is 0 Å². The first-order valence-corrected chi connectivity index (χ1v) is 7.43. The molecule has 6 nitrogen and oxygen atoms in total. The Kier molecular flexibility index (Phi) is 2.78. The maximum atomic E-state index is 4.50. The molecule has 4 aromatic rings.